The van der Waals surface area contributed by atoms with Gasteiger partial charge < -0.3 is 5.11 Å². The fourth-order valence-electron chi connectivity index (χ4n) is 2.12. The maximum Gasteiger partial charge on any atom is 0.243 e. The van der Waals surface area contributed by atoms with Crippen LogP contribution in [0, 0.1) is 0 Å². The summed E-state index contributed by atoms with van der Waals surface area (Å²) in [4.78, 5) is 0.0698. The van der Waals surface area contributed by atoms with Gasteiger partial charge in [0.1, 0.15) is 0 Å². The van der Waals surface area contributed by atoms with Crippen LogP contribution in [0.4, 0.5) is 0 Å². The smallest absolute Gasteiger partial charge is 0.243 e. The van der Waals surface area contributed by atoms with Gasteiger partial charge in [-0.25, -0.2) is 8.42 Å². The molecule has 1 heterocycles. The van der Waals surface area contributed by atoms with Crippen molar-refractivity contribution in [2.75, 3.05) is 13.2 Å². The van der Waals surface area contributed by atoms with Crippen LogP contribution in [-0.2, 0) is 10.0 Å². The van der Waals surface area contributed by atoms with Crippen molar-refractivity contribution in [3.05, 3.63) is 28.2 Å². The van der Waals surface area contributed by atoms with E-state index < -0.39 is 10.0 Å². The van der Waals surface area contributed by atoms with Crippen molar-refractivity contribution in [1.82, 2.24) is 4.31 Å². The summed E-state index contributed by atoms with van der Waals surface area (Å²) < 4.78 is 26.1. The minimum absolute atomic E-state index is 0.0698. The third-order valence-corrected chi connectivity index (χ3v) is 5.34. The van der Waals surface area contributed by atoms with Gasteiger partial charge in [0.15, 0.2) is 0 Å². The van der Waals surface area contributed by atoms with E-state index in [0.717, 1.165) is 6.42 Å². The first-order valence-corrected chi connectivity index (χ1v) is 7.73. The molecule has 0 spiro atoms. The molecular weight excluding hydrogens is 297 g/mol. The fraction of sp³-hybridized carbons (Fsp3) is 0.455. The molecule has 7 heteroatoms. The molecule has 1 unspecified atom stereocenters. The summed E-state index contributed by atoms with van der Waals surface area (Å²) in [6.45, 7) is 0.241. The average Bonchev–Trinajstić information content (AvgIpc) is 2.76. The lowest BCUT2D eigenvalue weighted by molar-refractivity contribution is 0.213. The maximum atomic E-state index is 12.4. The van der Waals surface area contributed by atoms with Gasteiger partial charge in [-0.15, -0.1) is 0 Å². The Morgan fingerprint density at radius 1 is 1.28 bits per heavy atom. The van der Waals surface area contributed by atoms with E-state index in [1.807, 2.05) is 0 Å². The molecule has 0 radical (unpaired) electrons. The van der Waals surface area contributed by atoms with Crippen LogP contribution in [0.1, 0.15) is 12.8 Å². The molecular formula is C11H13Cl2NO3S. The molecule has 0 bridgehead atoms. The summed E-state index contributed by atoms with van der Waals surface area (Å²) >= 11 is 11.6. The number of aliphatic hydroxyl groups excluding tert-OH is 1. The van der Waals surface area contributed by atoms with E-state index in [2.05, 4.69) is 0 Å². The molecule has 0 aromatic heterocycles. The Morgan fingerprint density at radius 3 is 2.44 bits per heavy atom. The lowest BCUT2D eigenvalue weighted by Crippen LogP contribution is -2.37. The Kier molecular flexibility index (Phi) is 4.18. The number of hydrogen-bond donors (Lipinski definition) is 1. The van der Waals surface area contributed by atoms with Crippen molar-refractivity contribution in [3.8, 4) is 0 Å². The van der Waals surface area contributed by atoms with Crippen molar-refractivity contribution in [2.45, 2.75) is 23.8 Å². The first kappa shape index (κ1) is 14.1. The third kappa shape index (κ3) is 2.65. The predicted octanol–water partition coefficient (Wildman–Crippen LogP) is 2.14. The highest BCUT2D eigenvalue weighted by molar-refractivity contribution is 7.89. The van der Waals surface area contributed by atoms with Gasteiger partial charge in [-0.05, 0) is 31.0 Å². The minimum atomic E-state index is -3.64. The highest BCUT2D eigenvalue weighted by Gasteiger charge is 2.35. The minimum Gasteiger partial charge on any atom is -0.395 e. The van der Waals surface area contributed by atoms with Gasteiger partial charge in [-0.2, -0.15) is 4.31 Å². The summed E-state index contributed by atoms with van der Waals surface area (Å²) in [6, 6.07) is 3.87. The quantitative estimate of drug-likeness (QED) is 0.930. The largest absolute Gasteiger partial charge is 0.395 e. The SMILES string of the molecule is O=S(=O)(c1cc(Cl)cc(Cl)c1)N1CCCC1CO. The third-order valence-electron chi connectivity index (χ3n) is 2.98. The number of benzene rings is 1. The van der Waals surface area contributed by atoms with E-state index in [-0.39, 0.29) is 27.6 Å². The normalized spacial score (nSPS) is 21.4. The molecule has 0 aliphatic carbocycles. The molecule has 1 aliphatic rings. The van der Waals surface area contributed by atoms with E-state index in [9.17, 15) is 13.5 Å². The van der Waals surface area contributed by atoms with Crippen molar-refractivity contribution < 1.29 is 13.5 Å². The number of sulfonamides is 1. The van der Waals surface area contributed by atoms with Gasteiger partial charge in [-0.1, -0.05) is 23.2 Å². The molecule has 1 aliphatic heterocycles. The zero-order valence-electron chi connectivity index (χ0n) is 9.51. The second-order valence-electron chi connectivity index (χ2n) is 4.20. The van der Waals surface area contributed by atoms with Gasteiger partial charge in [0, 0.05) is 22.6 Å². The van der Waals surface area contributed by atoms with Gasteiger partial charge in [0.25, 0.3) is 0 Å². The van der Waals surface area contributed by atoms with Gasteiger partial charge in [0.2, 0.25) is 10.0 Å². The van der Waals surface area contributed by atoms with E-state index in [0.29, 0.717) is 13.0 Å². The van der Waals surface area contributed by atoms with E-state index >= 15 is 0 Å². The fourth-order valence-corrected chi connectivity index (χ4v) is 4.53. The zero-order valence-corrected chi connectivity index (χ0v) is 11.8. The first-order chi connectivity index (χ1) is 8.45. The van der Waals surface area contributed by atoms with Crippen LogP contribution in [0.25, 0.3) is 0 Å². The Hall–Kier alpha value is -0.330. The number of nitrogens with zero attached hydrogens (tertiary/aromatic N) is 1. The van der Waals surface area contributed by atoms with E-state index in [4.69, 9.17) is 23.2 Å². The molecule has 0 saturated carbocycles. The lowest BCUT2D eigenvalue weighted by atomic mass is 10.2. The van der Waals surface area contributed by atoms with Crippen LogP contribution in [-0.4, -0.2) is 37.0 Å². The van der Waals surface area contributed by atoms with Crippen LogP contribution >= 0.6 is 23.2 Å². The number of aliphatic hydroxyl groups is 1. The summed E-state index contributed by atoms with van der Waals surface area (Å²) in [6.07, 6.45) is 1.42. The highest BCUT2D eigenvalue weighted by atomic mass is 35.5. The van der Waals surface area contributed by atoms with Crippen LogP contribution in [0.15, 0.2) is 23.1 Å². The highest BCUT2D eigenvalue weighted by Crippen LogP contribution is 2.29. The van der Waals surface area contributed by atoms with Crippen LogP contribution < -0.4 is 0 Å². The molecule has 1 aromatic carbocycles. The van der Waals surface area contributed by atoms with Crippen molar-refractivity contribution >= 4 is 33.2 Å². The summed E-state index contributed by atoms with van der Waals surface area (Å²) in [5.74, 6) is 0. The average molecular weight is 310 g/mol. The number of hydrogen-bond acceptors (Lipinski definition) is 3. The first-order valence-electron chi connectivity index (χ1n) is 5.54. The second kappa shape index (κ2) is 5.35. The van der Waals surface area contributed by atoms with Crippen molar-refractivity contribution in [2.24, 2.45) is 0 Å². The van der Waals surface area contributed by atoms with Gasteiger partial charge >= 0.3 is 0 Å². The Morgan fingerprint density at radius 2 is 1.89 bits per heavy atom. The number of rotatable bonds is 3. The van der Waals surface area contributed by atoms with Crippen LogP contribution in [0.5, 0.6) is 0 Å². The van der Waals surface area contributed by atoms with Crippen molar-refractivity contribution in [3.63, 3.8) is 0 Å². The lowest BCUT2D eigenvalue weighted by Gasteiger charge is -2.22. The van der Waals surface area contributed by atoms with Gasteiger partial charge in [0.05, 0.1) is 11.5 Å². The van der Waals surface area contributed by atoms with E-state index in [1.165, 1.54) is 22.5 Å². The Labute approximate surface area is 116 Å². The molecule has 1 fully saturated rings. The van der Waals surface area contributed by atoms with Crippen molar-refractivity contribution in [1.29, 1.82) is 0 Å². The topological polar surface area (TPSA) is 57.6 Å². The molecule has 1 aromatic rings. The molecule has 2 rings (SSSR count). The molecule has 1 saturated heterocycles. The summed E-state index contributed by atoms with van der Waals surface area (Å²) in [7, 11) is -3.64. The van der Waals surface area contributed by atoms with Gasteiger partial charge in [-0.3, -0.25) is 0 Å². The molecule has 4 nitrogen and oxygen atoms in total. The number of halogens is 2. The molecule has 1 N–H and O–H groups in total. The molecule has 100 valence electrons. The molecule has 0 amide bonds. The second-order valence-corrected chi connectivity index (χ2v) is 6.96. The Balaban J connectivity index is 2.41. The standard InChI is InChI=1S/C11H13Cl2NO3S/c12-8-4-9(13)6-11(5-8)18(16,17)14-3-1-2-10(14)7-15/h4-6,10,15H,1-3,7H2. The monoisotopic (exact) mass is 309 g/mol. The summed E-state index contributed by atoms with van der Waals surface area (Å²) in [5, 5.41) is 9.75. The zero-order chi connectivity index (χ0) is 13.3. The summed E-state index contributed by atoms with van der Waals surface area (Å²) in [5.41, 5.74) is 0. The van der Waals surface area contributed by atoms with E-state index in [1.54, 1.807) is 0 Å². The Bertz CT molecular complexity index is 527. The van der Waals surface area contributed by atoms with Crippen LogP contribution in [0.3, 0.4) is 0 Å². The maximum absolute atomic E-state index is 12.4. The van der Waals surface area contributed by atoms with Crippen LogP contribution in [0.2, 0.25) is 10.0 Å². The predicted molar refractivity (Wildman–Crippen MR) is 70.5 cm³/mol. The molecule has 1 atom stereocenters. The molecule has 18 heavy (non-hydrogen) atoms.